The molecule has 2 aliphatic heterocycles. The summed E-state index contributed by atoms with van der Waals surface area (Å²) in [6.07, 6.45) is 2.22. The summed E-state index contributed by atoms with van der Waals surface area (Å²) in [6.45, 7) is 0.279. The van der Waals surface area contributed by atoms with Crippen molar-refractivity contribution in [2.45, 2.75) is 25.4 Å². The van der Waals surface area contributed by atoms with E-state index >= 15 is 0 Å². The van der Waals surface area contributed by atoms with E-state index in [0.717, 1.165) is 22.4 Å². The third-order valence-electron chi connectivity index (χ3n) is 6.20. The number of imide groups is 1. The third-order valence-corrected chi connectivity index (χ3v) is 6.20. The Labute approximate surface area is 188 Å². The molecule has 9 heteroatoms. The minimum absolute atomic E-state index is 0.159. The lowest BCUT2D eigenvalue weighted by molar-refractivity contribution is -0.136. The Morgan fingerprint density at radius 2 is 1.88 bits per heavy atom. The fourth-order valence-electron chi connectivity index (χ4n) is 4.55. The Morgan fingerprint density at radius 1 is 1.09 bits per heavy atom. The van der Waals surface area contributed by atoms with Crippen molar-refractivity contribution in [3.05, 3.63) is 59.5 Å². The van der Waals surface area contributed by atoms with E-state index in [0.29, 0.717) is 17.5 Å². The summed E-state index contributed by atoms with van der Waals surface area (Å²) in [7, 11) is 3.19. The standard InChI is InChI=1S/C24H21FN4O4/c1-28-22(14-4-7-20(33-2)18(25)10-14)17(11-26-28)13-3-5-16-15(9-13)12-29(24(16)32)19-6-8-21(30)27-23(19)31/h3-5,7,9-11,19H,6,8,12H2,1-2H3,(H,27,30,31). The van der Waals surface area contributed by atoms with Crippen LogP contribution in [0, 0.1) is 5.82 Å². The van der Waals surface area contributed by atoms with Gasteiger partial charge in [-0.05, 0) is 47.9 Å². The molecule has 2 aromatic carbocycles. The predicted molar refractivity (Wildman–Crippen MR) is 117 cm³/mol. The molecule has 0 radical (unpaired) electrons. The van der Waals surface area contributed by atoms with E-state index in [1.807, 2.05) is 12.1 Å². The first-order chi connectivity index (χ1) is 15.9. The van der Waals surface area contributed by atoms with Crippen molar-refractivity contribution in [1.29, 1.82) is 0 Å². The number of piperidine rings is 1. The van der Waals surface area contributed by atoms with Crippen molar-refractivity contribution < 1.29 is 23.5 Å². The van der Waals surface area contributed by atoms with Gasteiger partial charge in [0.25, 0.3) is 5.91 Å². The third kappa shape index (κ3) is 3.45. The Morgan fingerprint density at radius 3 is 2.61 bits per heavy atom. The van der Waals surface area contributed by atoms with Crippen molar-refractivity contribution in [1.82, 2.24) is 20.0 Å². The van der Waals surface area contributed by atoms with Gasteiger partial charge in [-0.3, -0.25) is 24.4 Å². The summed E-state index contributed by atoms with van der Waals surface area (Å²) >= 11 is 0. The van der Waals surface area contributed by atoms with Crippen LogP contribution in [0.4, 0.5) is 4.39 Å². The lowest BCUT2D eigenvalue weighted by Gasteiger charge is -2.29. The van der Waals surface area contributed by atoms with Crippen molar-refractivity contribution in [2.75, 3.05) is 7.11 Å². The van der Waals surface area contributed by atoms with Crippen LogP contribution < -0.4 is 10.1 Å². The second kappa shape index (κ2) is 7.84. The Kier molecular flexibility index (Phi) is 4.96. The number of carbonyl (C=O) groups excluding carboxylic acids is 3. The second-order valence-corrected chi connectivity index (χ2v) is 8.15. The number of carbonyl (C=O) groups is 3. The van der Waals surface area contributed by atoms with Gasteiger partial charge in [-0.25, -0.2) is 4.39 Å². The van der Waals surface area contributed by atoms with Crippen LogP contribution in [0.3, 0.4) is 0 Å². The second-order valence-electron chi connectivity index (χ2n) is 8.15. The monoisotopic (exact) mass is 448 g/mol. The molecule has 1 unspecified atom stereocenters. The first kappa shape index (κ1) is 20.9. The number of nitrogens with zero attached hydrogens (tertiary/aromatic N) is 3. The lowest BCUT2D eigenvalue weighted by Crippen LogP contribution is -2.52. The maximum atomic E-state index is 14.4. The molecule has 2 aliphatic rings. The molecule has 1 aromatic heterocycles. The Balaban J connectivity index is 1.49. The highest BCUT2D eigenvalue weighted by atomic mass is 19.1. The van der Waals surface area contributed by atoms with Crippen LogP contribution in [0.1, 0.15) is 28.8 Å². The number of hydrogen-bond acceptors (Lipinski definition) is 5. The van der Waals surface area contributed by atoms with Crippen LogP contribution in [0.2, 0.25) is 0 Å². The molecule has 0 spiro atoms. The number of hydrogen-bond donors (Lipinski definition) is 1. The van der Waals surface area contributed by atoms with Crippen LogP contribution in [-0.4, -0.2) is 45.6 Å². The summed E-state index contributed by atoms with van der Waals surface area (Å²) < 4.78 is 21.0. The highest BCUT2D eigenvalue weighted by molar-refractivity contribution is 6.05. The predicted octanol–water partition coefficient (Wildman–Crippen LogP) is 2.66. The van der Waals surface area contributed by atoms with E-state index in [4.69, 9.17) is 4.74 Å². The average Bonchev–Trinajstić information content (AvgIpc) is 3.33. The molecule has 168 valence electrons. The maximum Gasteiger partial charge on any atom is 0.255 e. The van der Waals surface area contributed by atoms with Gasteiger partial charge < -0.3 is 9.64 Å². The van der Waals surface area contributed by atoms with Gasteiger partial charge in [0.15, 0.2) is 11.6 Å². The van der Waals surface area contributed by atoms with Gasteiger partial charge in [0.2, 0.25) is 11.8 Å². The number of ether oxygens (including phenoxy) is 1. The fraction of sp³-hybridized carbons (Fsp3) is 0.250. The van der Waals surface area contributed by atoms with E-state index in [-0.39, 0.29) is 30.5 Å². The molecule has 1 N–H and O–H groups in total. The number of aromatic nitrogens is 2. The zero-order valence-electron chi connectivity index (χ0n) is 18.1. The van der Waals surface area contributed by atoms with Crippen molar-refractivity contribution in [2.24, 2.45) is 7.05 Å². The molecule has 0 saturated carbocycles. The number of methoxy groups -OCH3 is 1. The number of aryl methyl sites for hydroxylation is 1. The molecule has 3 amide bonds. The highest BCUT2D eigenvalue weighted by Crippen LogP contribution is 2.36. The number of fused-ring (bicyclic) bond motifs is 1. The maximum absolute atomic E-state index is 14.4. The molecular weight excluding hydrogens is 427 g/mol. The molecule has 8 nitrogen and oxygen atoms in total. The highest BCUT2D eigenvalue weighted by Gasteiger charge is 2.39. The van der Waals surface area contributed by atoms with Gasteiger partial charge in [0, 0.05) is 36.7 Å². The van der Waals surface area contributed by atoms with Crippen LogP contribution in [-0.2, 0) is 23.2 Å². The van der Waals surface area contributed by atoms with Gasteiger partial charge in [-0.2, -0.15) is 5.10 Å². The Bertz CT molecular complexity index is 1320. The summed E-state index contributed by atoms with van der Waals surface area (Å²) in [4.78, 5) is 38.2. The average molecular weight is 448 g/mol. The molecule has 1 fully saturated rings. The summed E-state index contributed by atoms with van der Waals surface area (Å²) in [5.74, 6) is -1.30. The largest absolute Gasteiger partial charge is 0.494 e. The Hall–Kier alpha value is -4.01. The van der Waals surface area contributed by atoms with Crippen LogP contribution in [0.15, 0.2) is 42.6 Å². The summed E-state index contributed by atoms with van der Waals surface area (Å²) in [5.41, 5.74) is 4.30. The van der Waals surface area contributed by atoms with Crippen LogP contribution >= 0.6 is 0 Å². The van der Waals surface area contributed by atoms with Gasteiger partial charge in [-0.15, -0.1) is 0 Å². The molecule has 3 aromatic rings. The van der Waals surface area contributed by atoms with E-state index in [9.17, 15) is 18.8 Å². The van der Waals surface area contributed by atoms with Gasteiger partial charge >= 0.3 is 0 Å². The summed E-state index contributed by atoms with van der Waals surface area (Å²) in [6, 6.07) is 9.54. The molecule has 0 aliphatic carbocycles. The van der Waals surface area contributed by atoms with Crippen LogP contribution in [0.5, 0.6) is 5.75 Å². The number of rotatable bonds is 4. The molecule has 1 atom stereocenters. The van der Waals surface area contributed by atoms with Gasteiger partial charge in [0.05, 0.1) is 19.0 Å². The topological polar surface area (TPSA) is 93.5 Å². The molecule has 0 bridgehead atoms. The smallest absolute Gasteiger partial charge is 0.255 e. The van der Waals surface area contributed by atoms with Crippen molar-refractivity contribution in [3.8, 4) is 28.1 Å². The first-order valence-electron chi connectivity index (χ1n) is 10.5. The van der Waals surface area contributed by atoms with E-state index < -0.39 is 17.8 Å². The number of benzene rings is 2. The van der Waals surface area contributed by atoms with Crippen LogP contribution in [0.25, 0.3) is 22.4 Å². The summed E-state index contributed by atoms with van der Waals surface area (Å²) in [5, 5.41) is 6.67. The first-order valence-corrected chi connectivity index (χ1v) is 10.5. The fourth-order valence-corrected chi connectivity index (χ4v) is 4.55. The molecule has 33 heavy (non-hydrogen) atoms. The van der Waals surface area contributed by atoms with Crippen molar-refractivity contribution >= 4 is 17.7 Å². The van der Waals surface area contributed by atoms with Gasteiger partial charge in [0.1, 0.15) is 6.04 Å². The molecule has 1 saturated heterocycles. The quantitative estimate of drug-likeness (QED) is 0.620. The minimum Gasteiger partial charge on any atom is -0.494 e. The SMILES string of the molecule is COc1ccc(-c2c(-c3ccc4c(c3)CN(C3CCC(=O)NC3=O)C4=O)cnn2C)cc1F. The number of halogens is 1. The van der Waals surface area contributed by atoms with Gasteiger partial charge in [-0.1, -0.05) is 6.07 Å². The number of nitrogens with one attached hydrogen (secondary N) is 1. The van der Waals surface area contributed by atoms with Crippen molar-refractivity contribution in [3.63, 3.8) is 0 Å². The molecule has 5 rings (SSSR count). The number of amides is 3. The molecule has 3 heterocycles. The minimum atomic E-state index is -0.665. The zero-order valence-corrected chi connectivity index (χ0v) is 18.1. The van der Waals surface area contributed by atoms with E-state index in [1.54, 1.807) is 36.1 Å². The lowest BCUT2D eigenvalue weighted by atomic mass is 9.98. The zero-order chi connectivity index (χ0) is 23.3. The molecular formula is C24H21FN4O4. The normalized spacial score (nSPS) is 17.8. The van der Waals surface area contributed by atoms with E-state index in [2.05, 4.69) is 10.4 Å². The van der Waals surface area contributed by atoms with E-state index in [1.165, 1.54) is 18.1 Å².